The molecule has 118 valence electrons. The van der Waals surface area contributed by atoms with Crippen LogP contribution in [-0.4, -0.2) is 17.6 Å². The van der Waals surface area contributed by atoms with Crippen LogP contribution in [0.2, 0.25) is 0 Å². The zero-order valence-corrected chi connectivity index (χ0v) is 13.4. The molecule has 0 atom stereocenters. The molecule has 0 bridgehead atoms. The molecule has 0 spiro atoms. The van der Waals surface area contributed by atoms with Gasteiger partial charge in [0.25, 0.3) is 0 Å². The van der Waals surface area contributed by atoms with Gasteiger partial charge in [-0.15, -0.1) is 0 Å². The molecule has 0 unspecified atom stereocenters. The van der Waals surface area contributed by atoms with Crippen molar-refractivity contribution in [3.05, 3.63) is 11.6 Å². The smallest absolute Gasteiger partial charge is 0.362 e. The van der Waals surface area contributed by atoms with Gasteiger partial charge in [0.1, 0.15) is 0 Å². The van der Waals surface area contributed by atoms with Crippen LogP contribution >= 0.6 is 0 Å². The van der Waals surface area contributed by atoms with E-state index in [1.54, 1.807) is 6.92 Å². The fourth-order valence-electron chi connectivity index (χ4n) is 3.08. The van der Waals surface area contributed by atoms with E-state index in [-0.39, 0.29) is 17.5 Å². The summed E-state index contributed by atoms with van der Waals surface area (Å²) in [6, 6.07) is 0. The number of esters is 1. The average Bonchev–Trinajstić information content (AvgIpc) is 2.80. The predicted octanol–water partition coefficient (Wildman–Crippen LogP) is 3.75. The monoisotopic (exact) mass is 294 g/mol. The number of anilines is 1. The third-order valence-electron chi connectivity index (χ3n) is 4.44. The van der Waals surface area contributed by atoms with Crippen LogP contribution in [-0.2, 0) is 4.74 Å². The molecule has 1 saturated carbocycles. The highest BCUT2D eigenvalue weighted by Gasteiger charge is 2.33. The van der Waals surface area contributed by atoms with Gasteiger partial charge >= 0.3 is 5.97 Å². The minimum absolute atomic E-state index is 0.0707. The van der Waals surface area contributed by atoms with E-state index >= 15 is 0 Å². The van der Waals surface area contributed by atoms with Gasteiger partial charge in [-0.3, -0.25) is 0 Å². The van der Waals surface area contributed by atoms with Crippen molar-refractivity contribution >= 4 is 11.9 Å². The summed E-state index contributed by atoms with van der Waals surface area (Å²) in [7, 11) is 0. The Kier molecular flexibility index (Phi) is 4.59. The van der Waals surface area contributed by atoms with Crippen LogP contribution in [0.5, 0.6) is 0 Å². The van der Waals surface area contributed by atoms with Crippen molar-refractivity contribution in [3.8, 4) is 0 Å². The summed E-state index contributed by atoms with van der Waals surface area (Å²) in [5.74, 6) is 1.14. The maximum atomic E-state index is 11.7. The van der Waals surface area contributed by atoms with Gasteiger partial charge in [0, 0.05) is 5.92 Å². The number of aromatic nitrogens is 1. The second kappa shape index (κ2) is 6.08. The molecule has 0 amide bonds. The van der Waals surface area contributed by atoms with Gasteiger partial charge in [0.05, 0.1) is 6.61 Å². The molecular weight excluding hydrogens is 268 g/mol. The zero-order chi connectivity index (χ0) is 15.6. The first-order chi connectivity index (χ1) is 9.82. The lowest BCUT2D eigenvalue weighted by Gasteiger charge is -2.36. The summed E-state index contributed by atoms with van der Waals surface area (Å²) < 4.78 is 10.4. The lowest BCUT2D eigenvalue weighted by Crippen LogP contribution is -2.25. The standard InChI is InChI=1S/C16H26N2O3/c1-5-20-15(19)12-13(17)21-14(18-12)10-6-8-11(9-7-10)16(2,3)4/h10-11H,5-9,17H2,1-4H3. The van der Waals surface area contributed by atoms with E-state index in [0.29, 0.717) is 17.9 Å². The molecule has 5 nitrogen and oxygen atoms in total. The van der Waals surface area contributed by atoms with E-state index < -0.39 is 5.97 Å². The molecule has 0 aromatic carbocycles. The number of carbonyl (C=O) groups is 1. The normalized spacial score (nSPS) is 23.0. The van der Waals surface area contributed by atoms with Gasteiger partial charge in [-0.1, -0.05) is 20.8 Å². The van der Waals surface area contributed by atoms with Crippen molar-refractivity contribution in [2.75, 3.05) is 12.3 Å². The number of rotatable bonds is 3. The second-order valence-corrected chi connectivity index (χ2v) is 6.90. The van der Waals surface area contributed by atoms with E-state index in [9.17, 15) is 4.79 Å². The Morgan fingerprint density at radius 1 is 1.33 bits per heavy atom. The fraction of sp³-hybridized carbons (Fsp3) is 0.750. The highest BCUT2D eigenvalue weighted by atomic mass is 16.5. The van der Waals surface area contributed by atoms with Crippen LogP contribution in [0.4, 0.5) is 5.88 Å². The summed E-state index contributed by atoms with van der Waals surface area (Å²) in [6.45, 7) is 8.93. The summed E-state index contributed by atoms with van der Waals surface area (Å²) >= 11 is 0. The predicted molar refractivity (Wildman–Crippen MR) is 81.0 cm³/mol. The Morgan fingerprint density at radius 2 is 1.95 bits per heavy atom. The quantitative estimate of drug-likeness (QED) is 0.859. The van der Waals surface area contributed by atoms with Gasteiger partial charge in [0.2, 0.25) is 17.5 Å². The Balaban J connectivity index is 2.04. The largest absolute Gasteiger partial charge is 0.461 e. The van der Waals surface area contributed by atoms with E-state index in [0.717, 1.165) is 31.6 Å². The third kappa shape index (κ3) is 3.57. The fourth-order valence-corrected chi connectivity index (χ4v) is 3.08. The van der Waals surface area contributed by atoms with Crippen LogP contribution in [0, 0.1) is 11.3 Å². The summed E-state index contributed by atoms with van der Waals surface area (Å²) in [6.07, 6.45) is 4.38. The zero-order valence-electron chi connectivity index (χ0n) is 13.4. The molecule has 1 aliphatic rings. The minimum atomic E-state index is -0.506. The Bertz CT molecular complexity index is 494. The highest BCUT2D eigenvalue weighted by Crippen LogP contribution is 2.43. The van der Waals surface area contributed by atoms with Crippen molar-refractivity contribution in [1.82, 2.24) is 4.98 Å². The van der Waals surface area contributed by atoms with Gasteiger partial charge < -0.3 is 14.9 Å². The Morgan fingerprint density at radius 3 is 2.48 bits per heavy atom. The summed E-state index contributed by atoms with van der Waals surface area (Å²) in [5, 5.41) is 0. The van der Waals surface area contributed by atoms with Gasteiger partial charge in [-0.25, -0.2) is 9.78 Å². The Labute approximate surface area is 126 Å². The first-order valence-electron chi connectivity index (χ1n) is 7.76. The number of nitrogen functional groups attached to an aromatic ring is 1. The third-order valence-corrected chi connectivity index (χ3v) is 4.44. The summed E-state index contributed by atoms with van der Waals surface area (Å²) in [5.41, 5.74) is 6.21. The first kappa shape index (κ1) is 15.9. The van der Waals surface area contributed by atoms with Gasteiger partial charge in [-0.05, 0) is 43.9 Å². The number of nitrogens with zero attached hydrogens (tertiary/aromatic N) is 1. The van der Waals surface area contributed by atoms with E-state index in [1.807, 2.05) is 0 Å². The molecule has 21 heavy (non-hydrogen) atoms. The van der Waals surface area contributed by atoms with Gasteiger partial charge in [-0.2, -0.15) is 0 Å². The van der Waals surface area contributed by atoms with Crippen molar-refractivity contribution in [2.45, 2.75) is 59.3 Å². The molecule has 1 aromatic heterocycles. The lowest BCUT2D eigenvalue weighted by atomic mass is 9.70. The molecule has 5 heteroatoms. The number of ether oxygens (including phenoxy) is 1. The number of oxazole rings is 1. The number of hydrogen-bond acceptors (Lipinski definition) is 5. The van der Waals surface area contributed by atoms with Crippen molar-refractivity contribution in [2.24, 2.45) is 11.3 Å². The SMILES string of the molecule is CCOC(=O)c1nc(C2CCC(C(C)(C)C)CC2)oc1N. The maximum absolute atomic E-state index is 11.7. The van der Waals surface area contributed by atoms with Crippen molar-refractivity contribution < 1.29 is 13.9 Å². The molecule has 2 rings (SSSR count). The van der Waals surface area contributed by atoms with Gasteiger partial charge in [0.15, 0.2) is 0 Å². The second-order valence-electron chi connectivity index (χ2n) is 6.90. The summed E-state index contributed by atoms with van der Waals surface area (Å²) in [4.78, 5) is 16.0. The molecule has 2 N–H and O–H groups in total. The highest BCUT2D eigenvalue weighted by molar-refractivity contribution is 5.91. The molecule has 1 fully saturated rings. The van der Waals surface area contributed by atoms with E-state index in [1.165, 1.54) is 0 Å². The number of carbonyl (C=O) groups excluding carboxylic acids is 1. The average molecular weight is 294 g/mol. The molecule has 1 heterocycles. The molecule has 1 aliphatic carbocycles. The van der Waals surface area contributed by atoms with Crippen LogP contribution < -0.4 is 5.73 Å². The van der Waals surface area contributed by atoms with Crippen LogP contribution in [0.3, 0.4) is 0 Å². The van der Waals surface area contributed by atoms with Crippen LogP contribution in [0.1, 0.15) is 75.7 Å². The Hall–Kier alpha value is -1.52. The van der Waals surface area contributed by atoms with Crippen LogP contribution in [0.25, 0.3) is 0 Å². The van der Waals surface area contributed by atoms with Crippen LogP contribution in [0.15, 0.2) is 4.42 Å². The molecule has 0 radical (unpaired) electrons. The van der Waals surface area contributed by atoms with E-state index in [2.05, 4.69) is 25.8 Å². The molecule has 1 aromatic rings. The maximum Gasteiger partial charge on any atom is 0.362 e. The van der Waals surface area contributed by atoms with Crippen molar-refractivity contribution in [1.29, 1.82) is 0 Å². The lowest BCUT2D eigenvalue weighted by molar-refractivity contribution is 0.0521. The van der Waals surface area contributed by atoms with Crippen molar-refractivity contribution in [3.63, 3.8) is 0 Å². The molecular formula is C16H26N2O3. The number of hydrogen-bond donors (Lipinski definition) is 1. The topological polar surface area (TPSA) is 78.3 Å². The first-order valence-corrected chi connectivity index (χ1v) is 7.76. The molecule has 0 saturated heterocycles. The number of nitrogens with two attached hydrogens (primary N) is 1. The minimum Gasteiger partial charge on any atom is -0.461 e. The van der Waals surface area contributed by atoms with E-state index in [4.69, 9.17) is 14.9 Å². The molecule has 0 aliphatic heterocycles.